The molecule has 0 bridgehead atoms. The summed E-state index contributed by atoms with van der Waals surface area (Å²) in [6.45, 7) is 1.45. The number of nitrogens with zero attached hydrogens (tertiary/aromatic N) is 2. The summed E-state index contributed by atoms with van der Waals surface area (Å²) in [5.41, 5.74) is 7.15. The fraction of sp³-hybridized carbons (Fsp3) is 0.571. The lowest BCUT2D eigenvalue weighted by Gasteiger charge is -2.29. The number of nitrogens with two attached hydrogens (primary N) is 1. The Morgan fingerprint density at radius 1 is 1.53 bits per heavy atom. The molecule has 3 rings (SSSR count). The predicted octanol–water partition coefficient (Wildman–Crippen LogP) is 0.861. The van der Waals surface area contributed by atoms with Crippen molar-refractivity contribution in [2.45, 2.75) is 37.5 Å². The second kappa shape index (κ2) is 5.27. The third-order valence-corrected chi connectivity index (χ3v) is 3.92. The SMILES string of the molecule is NC1CC(=O)N(CC2CCCO2)C1c1cccnc1. The molecule has 1 aromatic heterocycles. The summed E-state index contributed by atoms with van der Waals surface area (Å²) in [5, 5.41) is 0. The van der Waals surface area contributed by atoms with Gasteiger partial charge in [-0.3, -0.25) is 9.78 Å². The van der Waals surface area contributed by atoms with Gasteiger partial charge in [0.25, 0.3) is 0 Å². The van der Waals surface area contributed by atoms with E-state index < -0.39 is 0 Å². The minimum absolute atomic E-state index is 0.0644. The van der Waals surface area contributed by atoms with Crippen molar-refractivity contribution in [2.75, 3.05) is 13.2 Å². The summed E-state index contributed by atoms with van der Waals surface area (Å²) in [5.74, 6) is 0.122. The average Bonchev–Trinajstić information content (AvgIpc) is 3.00. The van der Waals surface area contributed by atoms with Crippen molar-refractivity contribution in [1.29, 1.82) is 0 Å². The number of likely N-dealkylation sites (tertiary alicyclic amines) is 1. The predicted molar refractivity (Wildman–Crippen MR) is 70.3 cm³/mol. The van der Waals surface area contributed by atoms with Crippen molar-refractivity contribution in [3.05, 3.63) is 30.1 Å². The normalized spacial score (nSPS) is 31.1. The van der Waals surface area contributed by atoms with Crippen molar-refractivity contribution in [2.24, 2.45) is 5.73 Å². The Hall–Kier alpha value is -1.46. The summed E-state index contributed by atoms with van der Waals surface area (Å²) >= 11 is 0. The first-order valence-corrected chi connectivity index (χ1v) is 6.82. The van der Waals surface area contributed by atoms with Gasteiger partial charge in [0.05, 0.1) is 12.1 Å². The van der Waals surface area contributed by atoms with Crippen LogP contribution in [0, 0.1) is 0 Å². The molecule has 2 N–H and O–H groups in total. The van der Waals surface area contributed by atoms with Crippen LogP contribution in [0.2, 0.25) is 0 Å². The molecule has 0 spiro atoms. The molecule has 0 aliphatic carbocycles. The van der Waals surface area contributed by atoms with Gasteiger partial charge in [-0.1, -0.05) is 6.07 Å². The van der Waals surface area contributed by atoms with E-state index in [1.807, 2.05) is 17.0 Å². The van der Waals surface area contributed by atoms with Crippen molar-refractivity contribution in [3.8, 4) is 0 Å². The number of aromatic nitrogens is 1. The lowest BCUT2D eigenvalue weighted by Crippen LogP contribution is -2.38. The highest BCUT2D eigenvalue weighted by atomic mass is 16.5. The molecule has 5 heteroatoms. The van der Waals surface area contributed by atoms with Crippen LogP contribution < -0.4 is 5.73 Å². The molecule has 0 saturated carbocycles. The molecule has 3 unspecified atom stereocenters. The molecule has 0 radical (unpaired) electrons. The Morgan fingerprint density at radius 3 is 3.11 bits per heavy atom. The van der Waals surface area contributed by atoms with Gasteiger partial charge in [0, 0.05) is 38.0 Å². The fourth-order valence-corrected chi connectivity index (χ4v) is 3.02. The van der Waals surface area contributed by atoms with E-state index in [-0.39, 0.29) is 24.1 Å². The van der Waals surface area contributed by atoms with E-state index in [0.717, 1.165) is 25.0 Å². The minimum atomic E-state index is -0.155. The van der Waals surface area contributed by atoms with Crippen LogP contribution in [0.5, 0.6) is 0 Å². The smallest absolute Gasteiger partial charge is 0.224 e. The number of hydrogen-bond acceptors (Lipinski definition) is 4. The molecular weight excluding hydrogens is 242 g/mol. The zero-order valence-corrected chi connectivity index (χ0v) is 10.9. The van der Waals surface area contributed by atoms with Crippen LogP contribution in [0.3, 0.4) is 0 Å². The molecule has 5 nitrogen and oxygen atoms in total. The van der Waals surface area contributed by atoms with Gasteiger partial charge in [-0.05, 0) is 24.5 Å². The Balaban J connectivity index is 1.80. The third kappa shape index (κ3) is 2.48. The van der Waals surface area contributed by atoms with Gasteiger partial charge in [0.2, 0.25) is 5.91 Å². The molecule has 2 aliphatic rings. The highest BCUT2D eigenvalue weighted by Crippen LogP contribution is 2.32. The van der Waals surface area contributed by atoms with E-state index in [1.54, 1.807) is 12.4 Å². The molecule has 3 atom stereocenters. The Kier molecular flexibility index (Phi) is 3.48. The molecule has 102 valence electrons. The van der Waals surface area contributed by atoms with Gasteiger partial charge < -0.3 is 15.4 Å². The number of rotatable bonds is 3. The molecule has 2 aliphatic heterocycles. The average molecular weight is 261 g/mol. The third-order valence-electron chi connectivity index (χ3n) is 3.92. The monoisotopic (exact) mass is 261 g/mol. The van der Waals surface area contributed by atoms with Gasteiger partial charge in [0.15, 0.2) is 0 Å². The number of hydrogen-bond donors (Lipinski definition) is 1. The molecule has 1 amide bonds. The standard InChI is InChI=1S/C14H19N3O2/c15-12-7-13(18)17(9-11-4-2-6-19-11)14(12)10-3-1-5-16-8-10/h1,3,5,8,11-12,14H,2,4,6-7,9,15H2. The molecule has 19 heavy (non-hydrogen) atoms. The topological polar surface area (TPSA) is 68.5 Å². The number of amides is 1. The summed E-state index contributed by atoms with van der Waals surface area (Å²) < 4.78 is 5.63. The fourth-order valence-electron chi connectivity index (χ4n) is 3.02. The number of carbonyl (C=O) groups is 1. The summed E-state index contributed by atoms with van der Waals surface area (Å²) in [6, 6.07) is 3.65. The Bertz CT molecular complexity index is 445. The van der Waals surface area contributed by atoms with E-state index in [9.17, 15) is 4.79 Å². The summed E-state index contributed by atoms with van der Waals surface area (Å²) in [6.07, 6.45) is 6.21. The van der Waals surface area contributed by atoms with Crippen molar-refractivity contribution in [1.82, 2.24) is 9.88 Å². The van der Waals surface area contributed by atoms with Crippen LogP contribution >= 0.6 is 0 Å². The lowest BCUT2D eigenvalue weighted by atomic mass is 10.0. The Morgan fingerprint density at radius 2 is 2.42 bits per heavy atom. The van der Waals surface area contributed by atoms with Gasteiger partial charge in [-0.25, -0.2) is 0 Å². The number of carbonyl (C=O) groups excluding carboxylic acids is 1. The molecule has 2 saturated heterocycles. The van der Waals surface area contributed by atoms with Crippen LogP contribution in [-0.4, -0.2) is 41.1 Å². The molecule has 1 aromatic rings. The van der Waals surface area contributed by atoms with E-state index in [4.69, 9.17) is 10.5 Å². The highest BCUT2D eigenvalue weighted by molar-refractivity contribution is 5.80. The van der Waals surface area contributed by atoms with E-state index in [1.165, 1.54) is 0 Å². The van der Waals surface area contributed by atoms with Crippen molar-refractivity contribution in [3.63, 3.8) is 0 Å². The first-order chi connectivity index (χ1) is 9.25. The summed E-state index contributed by atoms with van der Waals surface area (Å²) in [4.78, 5) is 18.1. The van der Waals surface area contributed by atoms with Crippen LogP contribution in [0.15, 0.2) is 24.5 Å². The second-order valence-electron chi connectivity index (χ2n) is 5.28. The second-order valence-corrected chi connectivity index (χ2v) is 5.28. The van der Waals surface area contributed by atoms with Crippen LogP contribution in [-0.2, 0) is 9.53 Å². The first kappa shape index (κ1) is 12.6. The van der Waals surface area contributed by atoms with Gasteiger partial charge in [-0.2, -0.15) is 0 Å². The Labute approximate surface area is 112 Å². The number of pyridine rings is 1. The zero-order chi connectivity index (χ0) is 13.2. The highest BCUT2D eigenvalue weighted by Gasteiger charge is 2.40. The maximum absolute atomic E-state index is 12.1. The number of ether oxygens (including phenoxy) is 1. The van der Waals surface area contributed by atoms with E-state index in [2.05, 4.69) is 4.98 Å². The van der Waals surface area contributed by atoms with Gasteiger partial charge in [-0.15, -0.1) is 0 Å². The molecule has 3 heterocycles. The molecule has 2 fully saturated rings. The van der Waals surface area contributed by atoms with Crippen molar-refractivity contribution >= 4 is 5.91 Å². The summed E-state index contributed by atoms with van der Waals surface area (Å²) in [7, 11) is 0. The van der Waals surface area contributed by atoms with Crippen LogP contribution in [0.4, 0.5) is 0 Å². The minimum Gasteiger partial charge on any atom is -0.376 e. The quantitative estimate of drug-likeness (QED) is 0.876. The largest absolute Gasteiger partial charge is 0.376 e. The van der Waals surface area contributed by atoms with Gasteiger partial charge in [0.1, 0.15) is 0 Å². The van der Waals surface area contributed by atoms with Gasteiger partial charge >= 0.3 is 0 Å². The maximum atomic E-state index is 12.1. The molecular formula is C14H19N3O2. The van der Waals surface area contributed by atoms with Crippen molar-refractivity contribution < 1.29 is 9.53 Å². The first-order valence-electron chi connectivity index (χ1n) is 6.82. The molecule has 0 aromatic carbocycles. The lowest BCUT2D eigenvalue weighted by molar-refractivity contribution is -0.130. The van der Waals surface area contributed by atoms with Crippen LogP contribution in [0.1, 0.15) is 30.9 Å². The van der Waals surface area contributed by atoms with E-state index in [0.29, 0.717) is 13.0 Å². The van der Waals surface area contributed by atoms with E-state index >= 15 is 0 Å². The maximum Gasteiger partial charge on any atom is 0.224 e. The zero-order valence-electron chi connectivity index (χ0n) is 10.9. The van der Waals surface area contributed by atoms with Crippen LogP contribution in [0.25, 0.3) is 0 Å².